The molecule has 0 atom stereocenters. The summed E-state index contributed by atoms with van der Waals surface area (Å²) in [6.07, 6.45) is 2.83. The third-order valence-corrected chi connectivity index (χ3v) is 2.12. The summed E-state index contributed by atoms with van der Waals surface area (Å²) in [5.41, 5.74) is 2.22. The van der Waals surface area contributed by atoms with E-state index in [0.29, 0.717) is 0 Å². The van der Waals surface area contributed by atoms with Crippen LogP contribution in [0.2, 0.25) is 5.02 Å². The van der Waals surface area contributed by atoms with E-state index in [-0.39, 0.29) is 0 Å². The normalized spacial score (nSPS) is 9.69. The zero-order valence-corrected chi connectivity index (χ0v) is 8.56. The molecule has 1 aromatic rings. The first-order valence-corrected chi connectivity index (χ1v) is 4.73. The average molecular weight is 196 g/mol. The molecule has 0 aliphatic heterocycles. The van der Waals surface area contributed by atoms with Gasteiger partial charge in [-0.05, 0) is 31.0 Å². The second-order valence-electron chi connectivity index (χ2n) is 2.99. The highest BCUT2D eigenvalue weighted by Gasteiger charge is 1.97. The van der Waals surface area contributed by atoms with E-state index in [0.717, 1.165) is 23.7 Å². The summed E-state index contributed by atoms with van der Waals surface area (Å²) in [5.74, 6) is 0. The zero-order valence-electron chi connectivity index (χ0n) is 7.81. The minimum atomic E-state index is 0.773. The maximum atomic E-state index is 5.99. The summed E-state index contributed by atoms with van der Waals surface area (Å²) in [7, 11) is 0. The molecular weight excluding hydrogens is 182 g/mol. The molecule has 0 aromatic heterocycles. The average Bonchev–Trinajstić information content (AvgIpc) is 2.11. The van der Waals surface area contributed by atoms with Crippen LogP contribution in [0.3, 0.4) is 0 Å². The first kappa shape index (κ1) is 10.1. The van der Waals surface area contributed by atoms with Crippen LogP contribution in [0, 0.1) is 6.92 Å². The van der Waals surface area contributed by atoms with E-state index < -0.39 is 0 Å². The Morgan fingerprint density at radius 3 is 3.00 bits per heavy atom. The Labute approximate surface area is 84.4 Å². The van der Waals surface area contributed by atoms with Gasteiger partial charge in [-0.3, -0.25) is 0 Å². The number of hydrogen-bond acceptors (Lipinski definition) is 1. The Bertz CT molecular complexity index is 294. The van der Waals surface area contributed by atoms with Crippen molar-refractivity contribution >= 4 is 17.3 Å². The molecule has 1 N–H and O–H groups in total. The van der Waals surface area contributed by atoms with E-state index in [1.165, 1.54) is 5.56 Å². The van der Waals surface area contributed by atoms with Gasteiger partial charge in [0.05, 0.1) is 10.7 Å². The Balaban J connectivity index is 2.64. The smallest absolute Gasteiger partial charge is 0.0637 e. The number of rotatable bonds is 4. The fraction of sp³-hybridized carbons (Fsp3) is 0.273. The van der Waals surface area contributed by atoms with Gasteiger partial charge in [-0.2, -0.15) is 0 Å². The number of aryl methyl sites for hydroxylation is 1. The topological polar surface area (TPSA) is 12.0 Å². The summed E-state index contributed by atoms with van der Waals surface area (Å²) in [6.45, 7) is 6.59. The summed E-state index contributed by atoms with van der Waals surface area (Å²) in [5, 5.41) is 4.02. The van der Waals surface area contributed by atoms with Crippen molar-refractivity contribution in [3.8, 4) is 0 Å². The monoisotopic (exact) mass is 195 g/mol. The van der Waals surface area contributed by atoms with Gasteiger partial charge in [0.15, 0.2) is 0 Å². The lowest BCUT2D eigenvalue weighted by atomic mass is 10.2. The van der Waals surface area contributed by atoms with Crippen molar-refractivity contribution in [2.45, 2.75) is 13.3 Å². The molecular formula is C11H14ClN. The van der Waals surface area contributed by atoms with Crippen molar-refractivity contribution in [3.63, 3.8) is 0 Å². The van der Waals surface area contributed by atoms with E-state index in [4.69, 9.17) is 11.6 Å². The van der Waals surface area contributed by atoms with Crippen molar-refractivity contribution < 1.29 is 0 Å². The van der Waals surface area contributed by atoms with Crippen molar-refractivity contribution in [3.05, 3.63) is 41.4 Å². The van der Waals surface area contributed by atoms with Crippen LogP contribution >= 0.6 is 11.6 Å². The van der Waals surface area contributed by atoms with Gasteiger partial charge in [0.1, 0.15) is 0 Å². The number of anilines is 1. The van der Waals surface area contributed by atoms with Gasteiger partial charge in [-0.1, -0.05) is 23.7 Å². The third-order valence-electron chi connectivity index (χ3n) is 1.79. The standard InChI is InChI=1S/C11H14ClN/c1-3-4-7-13-11-8-9(2)5-6-10(11)12/h3,5-6,8,13H,1,4,7H2,2H3. The molecule has 0 spiro atoms. The summed E-state index contributed by atoms with van der Waals surface area (Å²) in [4.78, 5) is 0. The van der Waals surface area contributed by atoms with Gasteiger partial charge in [-0.25, -0.2) is 0 Å². The van der Waals surface area contributed by atoms with E-state index >= 15 is 0 Å². The highest BCUT2D eigenvalue weighted by atomic mass is 35.5. The van der Waals surface area contributed by atoms with Gasteiger partial charge in [0, 0.05) is 6.54 Å². The molecule has 1 nitrogen and oxygen atoms in total. The molecule has 1 aromatic carbocycles. The molecule has 0 bridgehead atoms. The van der Waals surface area contributed by atoms with Crippen LogP contribution in [0.5, 0.6) is 0 Å². The fourth-order valence-corrected chi connectivity index (χ4v) is 1.27. The second-order valence-corrected chi connectivity index (χ2v) is 3.39. The summed E-state index contributed by atoms with van der Waals surface area (Å²) < 4.78 is 0. The van der Waals surface area contributed by atoms with Crippen molar-refractivity contribution in [1.82, 2.24) is 0 Å². The van der Waals surface area contributed by atoms with Crippen LogP contribution in [-0.2, 0) is 0 Å². The molecule has 0 amide bonds. The molecule has 1 rings (SSSR count). The van der Waals surface area contributed by atoms with E-state index in [1.807, 2.05) is 24.3 Å². The van der Waals surface area contributed by atoms with Crippen LogP contribution in [0.15, 0.2) is 30.9 Å². The van der Waals surface area contributed by atoms with Crippen LogP contribution in [0.25, 0.3) is 0 Å². The van der Waals surface area contributed by atoms with Crippen LogP contribution < -0.4 is 5.32 Å². The number of benzene rings is 1. The van der Waals surface area contributed by atoms with E-state index in [9.17, 15) is 0 Å². The maximum Gasteiger partial charge on any atom is 0.0637 e. The van der Waals surface area contributed by atoms with Gasteiger partial charge < -0.3 is 5.32 Å². The third kappa shape index (κ3) is 3.11. The Morgan fingerprint density at radius 1 is 1.54 bits per heavy atom. The zero-order chi connectivity index (χ0) is 9.68. The molecule has 70 valence electrons. The molecule has 0 unspecified atom stereocenters. The highest BCUT2D eigenvalue weighted by Crippen LogP contribution is 2.22. The van der Waals surface area contributed by atoms with Gasteiger partial charge in [0.25, 0.3) is 0 Å². The highest BCUT2D eigenvalue weighted by molar-refractivity contribution is 6.33. The lowest BCUT2D eigenvalue weighted by Crippen LogP contribution is -2.00. The number of nitrogens with one attached hydrogen (secondary N) is 1. The predicted molar refractivity (Wildman–Crippen MR) is 59.5 cm³/mol. The minimum Gasteiger partial charge on any atom is -0.384 e. The van der Waals surface area contributed by atoms with Gasteiger partial charge in [0.2, 0.25) is 0 Å². The molecule has 0 aliphatic carbocycles. The second kappa shape index (κ2) is 4.93. The molecule has 0 aliphatic rings. The van der Waals surface area contributed by atoms with Gasteiger partial charge >= 0.3 is 0 Å². The fourth-order valence-electron chi connectivity index (χ4n) is 1.08. The molecule has 0 saturated heterocycles. The molecule has 13 heavy (non-hydrogen) atoms. The quantitative estimate of drug-likeness (QED) is 0.572. The van der Waals surface area contributed by atoms with Crippen LogP contribution in [0.4, 0.5) is 5.69 Å². The number of halogens is 1. The number of hydrogen-bond donors (Lipinski definition) is 1. The Kier molecular flexibility index (Phi) is 3.84. The lowest BCUT2D eigenvalue weighted by molar-refractivity contribution is 1.07. The predicted octanol–water partition coefficient (Wildman–Crippen LogP) is 3.64. The molecule has 0 fully saturated rings. The molecule has 0 saturated carbocycles. The molecule has 2 heteroatoms. The van der Waals surface area contributed by atoms with Crippen molar-refractivity contribution in [2.24, 2.45) is 0 Å². The first-order valence-electron chi connectivity index (χ1n) is 4.35. The van der Waals surface area contributed by atoms with E-state index in [2.05, 4.69) is 18.8 Å². The summed E-state index contributed by atoms with van der Waals surface area (Å²) in [6, 6.07) is 5.96. The van der Waals surface area contributed by atoms with Gasteiger partial charge in [-0.15, -0.1) is 6.58 Å². The largest absolute Gasteiger partial charge is 0.384 e. The maximum absolute atomic E-state index is 5.99. The van der Waals surface area contributed by atoms with Crippen molar-refractivity contribution in [2.75, 3.05) is 11.9 Å². The SMILES string of the molecule is C=CCCNc1cc(C)ccc1Cl. The Morgan fingerprint density at radius 2 is 2.31 bits per heavy atom. The summed E-state index contributed by atoms with van der Waals surface area (Å²) >= 11 is 5.99. The first-order chi connectivity index (χ1) is 6.24. The lowest BCUT2D eigenvalue weighted by Gasteiger charge is -2.07. The van der Waals surface area contributed by atoms with Crippen molar-refractivity contribution in [1.29, 1.82) is 0 Å². The van der Waals surface area contributed by atoms with E-state index in [1.54, 1.807) is 0 Å². The minimum absolute atomic E-state index is 0.773. The Hall–Kier alpha value is -0.950. The molecule has 0 radical (unpaired) electrons. The molecule has 0 heterocycles. The van der Waals surface area contributed by atoms with Crippen LogP contribution in [0.1, 0.15) is 12.0 Å². The van der Waals surface area contributed by atoms with Crippen LogP contribution in [-0.4, -0.2) is 6.54 Å².